The Bertz CT molecular complexity index is 510. The standard InChI is InChI=1S/C18H26N2O/c1-14(15-5-4-6-16(19)13-15)17(21)20-11-9-18(10-12-20)7-2-3-8-18/h4-6,13-14H,2-3,7-12,19H2,1H3. The minimum absolute atomic E-state index is 0.0915. The molecule has 1 spiro atoms. The van der Waals surface area contributed by atoms with E-state index in [-0.39, 0.29) is 11.8 Å². The zero-order valence-corrected chi connectivity index (χ0v) is 13.0. The van der Waals surface area contributed by atoms with Gasteiger partial charge in [0.25, 0.3) is 0 Å². The lowest BCUT2D eigenvalue weighted by molar-refractivity contribution is -0.134. The quantitative estimate of drug-likeness (QED) is 0.845. The Kier molecular flexibility index (Phi) is 3.92. The number of benzene rings is 1. The first-order chi connectivity index (χ1) is 10.1. The van der Waals surface area contributed by atoms with E-state index < -0.39 is 0 Å². The molecule has 114 valence electrons. The van der Waals surface area contributed by atoms with Gasteiger partial charge in [-0.3, -0.25) is 4.79 Å². The van der Waals surface area contributed by atoms with Gasteiger partial charge in [-0.2, -0.15) is 0 Å². The first kappa shape index (κ1) is 14.4. The molecule has 1 heterocycles. The van der Waals surface area contributed by atoms with Crippen molar-refractivity contribution in [3.8, 4) is 0 Å². The van der Waals surface area contributed by atoms with Gasteiger partial charge in [0, 0.05) is 18.8 Å². The third kappa shape index (κ3) is 2.92. The van der Waals surface area contributed by atoms with Crippen molar-refractivity contribution in [2.24, 2.45) is 5.41 Å². The minimum Gasteiger partial charge on any atom is -0.399 e. The third-order valence-electron chi connectivity index (χ3n) is 5.58. The molecule has 1 amide bonds. The van der Waals surface area contributed by atoms with Crippen molar-refractivity contribution in [2.45, 2.75) is 51.4 Å². The molecule has 1 saturated heterocycles. The van der Waals surface area contributed by atoms with Crippen LogP contribution in [0.3, 0.4) is 0 Å². The number of carbonyl (C=O) groups excluding carboxylic acids is 1. The number of carbonyl (C=O) groups is 1. The molecule has 3 heteroatoms. The van der Waals surface area contributed by atoms with Gasteiger partial charge in [-0.25, -0.2) is 0 Å². The number of nitrogens with zero attached hydrogens (tertiary/aromatic N) is 1. The monoisotopic (exact) mass is 286 g/mol. The van der Waals surface area contributed by atoms with Crippen LogP contribution in [0.2, 0.25) is 0 Å². The van der Waals surface area contributed by atoms with Crippen LogP contribution in [0.1, 0.15) is 56.9 Å². The largest absolute Gasteiger partial charge is 0.399 e. The van der Waals surface area contributed by atoms with Gasteiger partial charge in [0.15, 0.2) is 0 Å². The van der Waals surface area contributed by atoms with Crippen LogP contribution in [-0.2, 0) is 4.79 Å². The Labute approximate surface area is 127 Å². The lowest BCUT2D eigenvalue weighted by atomic mass is 9.77. The summed E-state index contributed by atoms with van der Waals surface area (Å²) in [7, 11) is 0. The molecule has 1 aliphatic heterocycles. The van der Waals surface area contributed by atoms with Crippen molar-refractivity contribution in [3.05, 3.63) is 29.8 Å². The van der Waals surface area contributed by atoms with Crippen LogP contribution in [0.5, 0.6) is 0 Å². The fraction of sp³-hybridized carbons (Fsp3) is 0.611. The number of nitrogens with two attached hydrogens (primary N) is 1. The summed E-state index contributed by atoms with van der Waals surface area (Å²) in [5, 5.41) is 0. The topological polar surface area (TPSA) is 46.3 Å². The summed E-state index contributed by atoms with van der Waals surface area (Å²) in [6.07, 6.45) is 7.91. The Morgan fingerprint density at radius 1 is 1.19 bits per heavy atom. The van der Waals surface area contributed by atoms with E-state index in [1.54, 1.807) is 0 Å². The van der Waals surface area contributed by atoms with E-state index in [1.807, 2.05) is 31.2 Å². The molecule has 3 nitrogen and oxygen atoms in total. The average Bonchev–Trinajstić information content (AvgIpc) is 2.95. The molecular weight excluding hydrogens is 260 g/mol. The van der Waals surface area contributed by atoms with Crippen molar-refractivity contribution in [2.75, 3.05) is 18.8 Å². The first-order valence-corrected chi connectivity index (χ1v) is 8.24. The Hall–Kier alpha value is -1.51. The molecule has 1 unspecified atom stereocenters. The van der Waals surface area contributed by atoms with Crippen LogP contribution in [0.15, 0.2) is 24.3 Å². The second-order valence-corrected chi connectivity index (χ2v) is 6.92. The second kappa shape index (κ2) is 5.70. The Morgan fingerprint density at radius 2 is 1.86 bits per heavy atom. The molecule has 21 heavy (non-hydrogen) atoms. The molecule has 1 atom stereocenters. The molecule has 1 aromatic carbocycles. The maximum absolute atomic E-state index is 12.7. The number of rotatable bonds is 2. The zero-order chi connectivity index (χ0) is 14.9. The molecule has 1 aliphatic carbocycles. The first-order valence-electron chi connectivity index (χ1n) is 8.24. The third-order valence-corrected chi connectivity index (χ3v) is 5.58. The predicted molar refractivity (Wildman–Crippen MR) is 86.0 cm³/mol. The van der Waals surface area contributed by atoms with Gasteiger partial charge in [-0.05, 0) is 55.7 Å². The molecule has 2 aliphatic rings. The molecule has 2 fully saturated rings. The van der Waals surface area contributed by atoms with E-state index in [4.69, 9.17) is 5.73 Å². The van der Waals surface area contributed by atoms with Crippen molar-refractivity contribution < 1.29 is 4.79 Å². The number of anilines is 1. The van der Waals surface area contributed by atoms with Gasteiger partial charge in [0.1, 0.15) is 0 Å². The number of amides is 1. The number of nitrogen functional groups attached to an aromatic ring is 1. The summed E-state index contributed by atoms with van der Waals surface area (Å²) in [4.78, 5) is 14.8. The number of piperidine rings is 1. The maximum atomic E-state index is 12.7. The molecule has 3 rings (SSSR count). The smallest absolute Gasteiger partial charge is 0.229 e. The van der Waals surface area contributed by atoms with Crippen LogP contribution >= 0.6 is 0 Å². The zero-order valence-electron chi connectivity index (χ0n) is 13.0. The fourth-order valence-corrected chi connectivity index (χ4v) is 4.07. The second-order valence-electron chi connectivity index (χ2n) is 6.92. The van der Waals surface area contributed by atoms with Gasteiger partial charge < -0.3 is 10.6 Å². The number of hydrogen-bond donors (Lipinski definition) is 1. The molecule has 0 radical (unpaired) electrons. The lowest BCUT2D eigenvalue weighted by Gasteiger charge is -2.40. The van der Waals surface area contributed by atoms with Crippen molar-refractivity contribution >= 4 is 11.6 Å². The van der Waals surface area contributed by atoms with Gasteiger partial charge >= 0.3 is 0 Å². The molecule has 1 saturated carbocycles. The van der Waals surface area contributed by atoms with Crippen LogP contribution in [0, 0.1) is 5.41 Å². The van der Waals surface area contributed by atoms with E-state index in [2.05, 4.69) is 4.90 Å². The highest BCUT2D eigenvalue weighted by atomic mass is 16.2. The van der Waals surface area contributed by atoms with E-state index >= 15 is 0 Å². The highest BCUT2D eigenvalue weighted by Crippen LogP contribution is 2.46. The van der Waals surface area contributed by atoms with Crippen molar-refractivity contribution in [3.63, 3.8) is 0 Å². The van der Waals surface area contributed by atoms with Crippen LogP contribution < -0.4 is 5.73 Å². The normalized spacial score (nSPS) is 22.4. The average molecular weight is 286 g/mol. The highest BCUT2D eigenvalue weighted by Gasteiger charge is 2.38. The van der Waals surface area contributed by atoms with E-state index in [1.165, 1.54) is 38.5 Å². The summed E-state index contributed by atoms with van der Waals surface area (Å²) in [6.45, 7) is 3.87. The van der Waals surface area contributed by atoms with Crippen LogP contribution in [0.4, 0.5) is 5.69 Å². The van der Waals surface area contributed by atoms with Crippen molar-refractivity contribution in [1.29, 1.82) is 0 Å². The van der Waals surface area contributed by atoms with Gasteiger partial charge in [0.2, 0.25) is 5.91 Å². The molecule has 0 aromatic heterocycles. The summed E-state index contributed by atoms with van der Waals surface area (Å²) in [5.74, 6) is 0.166. The van der Waals surface area contributed by atoms with Gasteiger partial charge in [-0.15, -0.1) is 0 Å². The Morgan fingerprint density at radius 3 is 2.48 bits per heavy atom. The van der Waals surface area contributed by atoms with Crippen LogP contribution in [-0.4, -0.2) is 23.9 Å². The van der Waals surface area contributed by atoms with Gasteiger partial charge in [-0.1, -0.05) is 25.0 Å². The lowest BCUT2D eigenvalue weighted by Crippen LogP contribution is -2.43. The highest BCUT2D eigenvalue weighted by molar-refractivity contribution is 5.83. The number of hydrogen-bond acceptors (Lipinski definition) is 2. The summed E-state index contributed by atoms with van der Waals surface area (Å²) < 4.78 is 0. The number of likely N-dealkylation sites (tertiary alicyclic amines) is 1. The van der Waals surface area contributed by atoms with E-state index in [9.17, 15) is 4.79 Å². The minimum atomic E-state index is -0.0915. The maximum Gasteiger partial charge on any atom is 0.229 e. The SMILES string of the molecule is CC(C(=O)N1CCC2(CCCC2)CC1)c1cccc(N)c1. The van der Waals surface area contributed by atoms with Crippen LogP contribution in [0.25, 0.3) is 0 Å². The summed E-state index contributed by atoms with van der Waals surface area (Å²) in [6, 6.07) is 7.72. The van der Waals surface area contributed by atoms with Gasteiger partial charge in [0.05, 0.1) is 5.92 Å². The molecular formula is C18H26N2O. The Balaban J connectivity index is 1.63. The van der Waals surface area contributed by atoms with Crippen molar-refractivity contribution in [1.82, 2.24) is 4.90 Å². The fourth-order valence-electron chi connectivity index (χ4n) is 4.07. The molecule has 0 bridgehead atoms. The van der Waals surface area contributed by atoms with E-state index in [0.717, 1.165) is 24.3 Å². The summed E-state index contributed by atoms with van der Waals surface area (Å²) in [5.41, 5.74) is 8.16. The molecule has 2 N–H and O–H groups in total. The summed E-state index contributed by atoms with van der Waals surface area (Å²) >= 11 is 0. The predicted octanol–water partition coefficient (Wildman–Crippen LogP) is 3.56. The van der Waals surface area contributed by atoms with E-state index in [0.29, 0.717) is 5.41 Å². The molecule has 1 aromatic rings.